The molecule has 0 fully saturated rings. The summed E-state index contributed by atoms with van der Waals surface area (Å²) in [5.74, 6) is -0.223. The predicted molar refractivity (Wildman–Crippen MR) is 63.9 cm³/mol. The lowest BCUT2D eigenvalue weighted by atomic mass is 10.1. The van der Waals surface area contributed by atoms with Gasteiger partial charge in [-0.05, 0) is 48.2 Å². The average Bonchev–Trinajstić information content (AvgIpc) is 2.22. The summed E-state index contributed by atoms with van der Waals surface area (Å²) in [5, 5.41) is 9.50. The van der Waals surface area contributed by atoms with E-state index < -0.39 is 11.1 Å². The van der Waals surface area contributed by atoms with E-state index in [1.54, 1.807) is 6.92 Å². The molecule has 0 saturated carbocycles. The number of phenols is 1. The van der Waals surface area contributed by atoms with E-state index in [2.05, 4.69) is 0 Å². The van der Waals surface area contributed by atoms with E-state index in [9.17, 15) is 13.9 Å². The Kier molecular flexibility index (Phi) is 4.46. The van der Waals surface area contributed by atoms with Crippen molar-refractivity contribution in [3.8, 4) is 5.75 Å². The first kappa shape index (κ1) is 12.7. The standard InChI is InChI=1S/C12H14O3S/c1-3-4-5-6-10-8-11(13)12(16(14)15)7-9(10)2/h3-8,13H,1-2H3,(H,14,15)/p-1. The van der Waals surface area contributed by atoms with Gasteiger partial charge in [0.1, 0.15) is 5.75 Å². The molecule has 4 heteroatoms. The smallest absolute Gasteiger partial charge is 0.131 e. The SMILES string of the molecule is CC=CC=Cc1cc(O)c(S(=O)[O-])cc1C. The van der Waals surface area contributed by atoms with Crippen molar-refractivity contribution in [2.45, 2.75) is 18.7 Å². The maximum atomic E-state index is 10.8. The Morgan fingerprint density at radius 3 is 2.62 bits per heavy atom. The highest BCUT2D eigenvalue weighted by atomic mass is 32.2. The van der Waals surface area contributed by atoms with Crippen molar-refractivity contribution >= 4 is 17.2 Å². The lowest BCUT2D eigenvalue weighted by molar-refractivity contribution is 0.454. The van der Waals surface area contributed by atoms with Crippen molar-refractivity contribution in [1.82, 2.24) is 0 Å². The number of aromatic hydroxyl groups is 1. The third kappa shape index (κ3) is 3.05. The zero-order valence-electron chi connectivity index (χ0n) is 9.14. The van der Waals surface area contributed by atoms with E-state index in [4.69, 9.17) is 0 Å². The number of benzene rings is 1. The van der Waals surface area contributed by atoms with Crippen LogP contribution in [0.25, 0.3) is 6.08 Å². The van der Waals surface area contributed by atoms with Gasteiger partial charge in [0, 0.05) is 0 Å². The van der Waals surface area contributed by atoms with Gasteiger partial charge in [-0.15, -0.1) is 0 Å². The van der Waals surface area contributed by atoms with Crippen molar-refractivity contribution in [3.05, 3.63) is 41.5 Å². The molecule has 1 unspecified atom stereocenters. The largest absolute Gasteiger partial charge is 0.768 e. The summed E-state index contributed by atoms with van der Waals surface area (Å²) in [5.41, 5.74) is 1.60. The van der Waals surface area contributed by atoms with Crippen LogP contribution in [0.3, 0.4) is 0 Å². The van der Waals surface area contributed by atoms with E-state index in [0.717, 1.165) is 11.1 Å². The van der Waals surface area contributed by atoms with Gasteiger partial charge in [-0.3, -0.25) is 4.21 Å². The molecule has 16 heavy (non-hydrogen) atoms. The molecule has 0 aliphatic rings. The quantitative estimate of drug-likeness (QED) is 0.649. The summed E-state index contributed by atoms with van der Waals surface area (Å²) in [6.07, 6.45) is 7.38. The molecule has 0 saturated heterocycles. The molecule has 0 bridgehead atoms. The fourth-order valence-electron chi connectivity index (χ4n) is 1.27. The summed E-state index contributed by atoms with van der Waals surface area (Å²) >= 11 is -2.40. The summed E-state index contributed by atoms with van der Waals surface area (Å²) < 4.78 is 21.5. The zero-order chi connectivity index (χ0) is 12.1. The first-order valence-electron chi connectivity index (χ1n) is 4.78. The summed E-state index contributed by atoms with van der Waals surface area (Å²) in [4.78, 5) is -0.0688. The van der Waals surface area contributed by atoms with Gasteiger partial charge in [-0.1, -0.05) is 24.3 Å². The van der Waals surface area contributed by atoms with Gasteiger partial charge < -0.3 is 9.66 Å². The van der Waals surface area contributed by atoms with Crippen molar-refractivity contribution < 1.29 is 13.9 Å². The normalized spacial score (nSPS) is 13.7. The van der Waals surface area contributed by atoms with Crippen LogP contribution in [0.5, 0.6) is 5.75 Å². The summed E-state index contributed by atoms with van der Waals surface area (Å²) in [7, 11) is 0. The maximum absolute atomic E-state index is 10.8. The number of phenolic OH excluding ortho intramolecular Hbond substituents is 1. The van der Waals surface area contributed by atoms with E-state index in [1.165, 1.54) is 12.1 Å². The fraction of sp³-hybridized carbons (Fsp3) is 0.167. The fourth-order valence-corrected chi connectivity index (χ4v) is 1.77. The van der Waals surface area contributed by atoms with Crippen molar-refractivity contribution in [1.29, 1.82) is 0 Å². The van der Waals surface area contributed by atoms with Gasteiger partial charge in [-0.2, -0.15) is 0 Å². The monoisotopic (exact) mass is 237 g/mol. The van der Waals surface area contributed by atoms with Gasteiger partial charge in [0.05, 0.1) is 4.90 Å². The van der Waals surface area contributed by atoms with E-state index >= 15 is 0 Å². The Bertz CT molecular complexity index is 462. The minimum absolute atomic E-state index is 0.0688. The molecular formula is C12H13O3S-. The highest BCUT2D eigenvalue weighted by Gasteiger charge is 2.04. The molecule has 1 N–H and O–H groups in total. The van der Waals surface area contributed by atoms with Crippen LogP contribution in [0.1, 0.15) is 18.1 Å². The van der Waals surface area contributed by atoms with Gasteiger partial charge in [0.25, 0.3) is 0 Å². The molecule has 1 atom stereocenters. The van der Waals surface area contributed by atoms with Gasteiger partial charge in [0.2, 0.25) is 0 Å². The molecule has 1 aromatic carbocycles. The van der Waals surface area contributed by atoms with Crippen molar-refractivity contribution in [2.24, 2.45) is 0 Å². The Morgan fingerprint density at radius 1 is 1.38 bits per heavy atom. The Labute approximate surface area is 97.4 Å². The molecular weight excluding hydrogens is 224 g/mol. The highest BCUT2D eigenvalue weighted by molar-refractivity contribution is 7.79. The third-order valence-electron chi connectivity index (χ3n) is 2.11. The van der Waals surface area contributed by atoms with Crippen LogP contribution >= 0.6 is 0 Å². The third-order valence-corrected chi connectivity index (χ3v) is 2.79. The molecule has 1 rings (SSSR count). The van der Waals surface area contributed by atoms with Gasteiger partial charge >= 0.3 is 0 Å². The average molecular weight is 237 g/mol. The lowest BCUT2D eigenvalue weighted by Crippen LogP contribution is -1.92. The van der Waals surface area contributed by atoms with E-state index in [0.29, 0.717) is 0 Å². The molecule has 0 aliphatic heterocycles. The van der Waals surface area contributed by atoms with Crippen LogP contribution in [0.4, 0.5) is 0 Å². The van der Waals surface area contributed by atoms with Crippen LogP contribution < -0.4 is 0 Å². The molecule has 0 amide bonds. The van der Waals surface area contributed by atoms with Gasteiger partial charge in [-0.25, -0.2) is 0 Å². The minimum atomic E-state index is -2.40. The molecule has 0 aromatic heterocycles. The second kappa shape index (κ2) is 5.63. The summed E-state index contributed by atoms with van der Waals surface area (Å²) in [6, 6.07) is 2.90. The van der Waals surface area contributed by atoms with Gasteiger partial charge in [0.15, 0.2) is 0 Å². The Morgan fingerprint density at radius 2 is 2.06 bits per heavy atom. The zero-order valence-corrected chi connectivity index (χ0v) is 9.95. The number of aryl methyl sites for hydroxylation is 1. The molecule has 0 radical (unpaired) electrons. The number of rotatable bonds is 3. The molecule has 86 valence electrons. The van der Waals surface area contributed by atoms with E-state index in [-0.39, 0.29) is 10.6 Å². The molecule has 3 nitrogen and oxygen atoms in total. The van der Waals surface area contributed by atoms with Crippen LogP contribution in [0.2, 0.25) is 0 Å². The van der Waals surface area contributed by atoms with Crippen LogP contribution in [0, 0.1) is 6.92 Å². The van der Waals surface area contributed by atoms with Crippen LogP contribution in [-0.2, 0) is 11.1 Å². The van der Waals surface area contributed by atoms with Crippen molar-refractivity contribution in [3.63, 3.8) is 0 Å². The van der Waals surface area contributed by atoms with E-state index in [1.807, 2.05) is 31.2 Å². The van der Waals surface area contributed by atoms with Crippen molar-refractivity contribution in [2.75, 3.05) is 0 Å². The minimum Gasteiger partial charge on any atom is -0.768 e. The molecule has 0 heterocycles. The highest BCUT2D eigenvalue weighted by Crippen LogP contribution is 2.25. The van der Waals surface area contributed by atoms with Crippen LogP contribution in [-0.4, -0.2) is 13.9 Å². The topological polar surface area (TPSA) is 60.4 Å². The second-order valence-corrected chi connectivity index (χ2v) is 4.21. The first-order chi connectivity index (χ1) is 7.56. The molecule has 1 aromatic rings. The Balaban J connectivity index is 3.15. The molecule has 0 spiro atoms. The number of hydrogen-bond acceptors (Lipinski definition) is 3. The summed E-state index contributed by atoms with van der Waals surface area (Å²) in [6.45, 7) is 3.70. The molecule has 0 aliphatic carbocycles. The lowest BCUT2D eigenvalue weighted by Gasteiger charge is -2.10. The number of hydrogen-bond donors (Lipinski definition) is 1. The number of allylic oxidation sites excluding steroid dienone is 3. The van der Waals surface area contributed by atoms with Crippen LogP contribution in [0.15, 0.2) is 35.3 Å². The Hall–Kier alpha value is -1.39. The maximum Gasteiger partial charge on any atom is 0.131 e. The second-order valence-electron chi connectivity index (χ2n) is 3.30. The first-order valence-corrected chi connectivity index (χ1v) is 5.86. The predicted octanol–water partition coefficient (Wildman–Crippen LogP) is 2.53.